The Morgan fingerprint density at radius 1 is 1.20 bits per heavy atom. The second-order valence-corrected chi connectivity index (χ2v) is 7.74. The highest BCUT2D eigenvalue weighted by atomic mass is 16.5. The topological polar surface area (TPSA) is 26.3 Å². The number of carbonyl (C=O) groups is 1. The molecule has 0 saturated carbocycles. The molecule has 0 saturated heterocycles. The summed E-state index contributed by atoms with van der Waals surface area (Å²) in [5.74, 6) is 0.212. The van der Waals surface area contributed by atoms with Gasteiger partial charge in [-0.2, -0.15) is 0 Å². The van der Waals surface area contributed by atoms with E-state index in [1.54, 1.807) is 7.11 Å². The highest BCUT2D eigenvalue weighted by Crippen LogP contribution is 2.34. The van der Waals surface area contributed by atoms with Crippen molar-refractivity contribution in [1.29, 1.82) is 0 Å². The van der Waals surface area contributed by atoms with Crippen LogP contribution in [0.2, 0.25) is 0 Å². The molecule has 2 unspecified atom stereocenters. The van der Waals surface area contributed by atoms with E-state index in [4.69, 9.17) is 4.74 Å². The molecule has 0 aliphatic heterocycles. The first-order valence-corrected chi connectivity index (χ1v) is 9.77. The zero-order valence-corrected chi connectivity index (χ0v) is 16.4. The molecule has 0 aromatic rings. The molecule has 2 aliphatic carbocycles. The summed E-state index contributed by atoms with van der Waals surface area (Å²) in [5.41, 5.74) is 5.33. The van der Waals surface area contributed by atoms with Gasteiger partial charge in [0.15, 0.2) is 5.78 Å². The maximum atomic E-state index is 12.7. The van der Waals surface area contributed by atoms with Crippen molar-refractivity contribution in [2.24, 2.45) is 5.92 Å². The number of carbonyl (C=O) groups excluding carboxylic acids is 1. The Kier molecular flexibility index (Phi) is 7.90. The third-order valence-electron chi connectivity index (χ3n) is 5.37. The van der Waals surface area contributed by atoms with E-state index in [1.165, 1.54) is 35.1 Å². The Balaban J connectivity index is 2.00. The van der Waals surface area contributed by atoms with Gasteiger partial charge in [-0.25, -0.2) is 0 Å². The summed E-state index contributed by atoms with van der Waals surface area (Å²) < 4.78 is 5.71. The van der Waals surface area contributed by atoms with Crippen molar-refractivity contribution in [1.82, 2.24) is 0 Å². The lowest BCUT2D eigenvalue weighted by Crippen LogP contribution is -2.33. The Hall–Kier alpha value is -1.41. The van der Waals surface area contributed by atoms with Gasteiger partial charge in [-0.05, 0) is 89.4 Å². The predicted molar refractivity (Wildman–Crippen MR) is 106 cm³/mol. The van der Waals surface area contributed by atoms with Crippen LogP contribution in [-0.2, 0) is 9.53 Å². The van der Waals surface area contributed by atoms with Crippen molar-refractivity contribution in [2.75, 3.05) is 7.11 Å². The summed E-state index contributed by atoms with van der Waals surface area (Å²) in [4.78, 5) is 12.7. The molecule has 0 N–H and O–H groups in total. The normalized spacial score (nSPS) is 24.6. The van der Waals surface area contributed by atoms with Crippen LogP contribution < -0.4 is 0 Å². The highest BCUT2D eigenvalue weighted by molar-refractivity contribution is 5.94. The molecule has 0 spiro atoms. The van der Waals surface area contributed by atoms with Gasteiger partial charge in [0.05, 0.1) is 12.0 Å². The van der Waals surface area contributed by atoms with Crippen molar-refractivity contribution in [3.63, 3.8) is 0 Å². The third kappa shape index (κ3) is 6.11. The van der Waals surface area contributed by atoms with Gasteiger partial charge in [0.25, 0.3) is 0 Å². The number of hydrogen-bond donors (Lipinski definition) is 0. The summed E-state index contributed by atoms with van der Waals surface area (Å²) in [6, 6.07) is 0. The lowest BCUT2D eigenvalue weighted by molar-refractivity contribution is -0.123. The van der Waals surface area contributed by atoms with Gasteiger partial charge in [0, 0.05) is 7.11 Å². The summed E-state index contributed by atoms with van der Waals surface area (Å²) in [5, 5.41) is 0. The fraction of sp³-hybridized carbons (Fsp3) is 0.609. The molecule has 0 heterocycles. The van der Waals surface area contributed by atoms with Crippen LogP contribution in [0.25, 0.3) is 0 Å². The van der Waals surface area contributed by atoms with Crippen LogP contribution in [0.5, 0.6) is 0 Å². The minimum absolute atomic E-state index is 0.0113. The molecule has 0 amide bonds. The fourth-order valence-electron chi connectivity index (χ4n) is 3.77. The van der Waals surface area contributed by atoms with Gasteiger partial charge < -0.3 is 4.74 Å². The monoisotopic (exact) mass is 342 g/mol. The summed E-state index contributed by atoms with van der Waals surface area (Å²) in [6.07, 6.45) is 17.4. The Labute approximate surface area is 153 Å². The predicted octanol–water partition coefficient (Wildman–Crippen LogP) is 6.10. The van der Waals surface area contributed by atoms with E-state index in [0.717, 1.165) is 38.5 Å². The van der Waals surface area contributed by atoms with Gasteiger partial charge in [0.1, 0.15) is 0 Å². The van der Waals surface area contributed by atoms with Crippen molar-refractivity contribution < 1.29 is 9.53 Å². The van der Waals surface area contributed by atoms with Crippen molar-refractivity contribution in [3.05, 3.63) is 46.6 Å². The first kappa shape index (κ1) is 19.9. The van der Waals surface area contributed by atoms with Crippen molar-refractivity contribution >= 4 is 5.78 Å². The van der Waals surface area contributed by atoms with Gasteiger partial charge in [-0.15, -0.1) is 0 Å². The van der Waals surface area contributed by atoms with Crippen LogP contribution in [0.15, 0.2) is 46.6 Å². The minimum atomic E-state index is -0.0312. The Bertz CT molecular complexity index is 585. The Morgan fingerprint density at radius 3 is 2.64 bits per heavy atom. The van der Waals surface area contributed by atoms with Gasteiger partial charge in [0.2, 0.25) is 0 Å². The third-order valence-corrected chi connectivity index (χ3v) is 5.37. The number of ether oxygens (including phenoxy) is 1. The van der Waals surface area contributed by atoms with E-state index in [1.807, 2.05) is 6.08 Å². The maximum absolute atomic E-state index is 12.7. The van der Waals surface area contributed by atoms with Crippen molar-refractivity contribution in [3.8, 4) is 0 Å². The van der Waals surface area contributed by atoms with E-state index in [-0.39, 0.29) is 17.8 Å². The molecule has 25 heavy (non-hydrogen) atoms. The molecular formula is C23H34O2. The minimum Gasteiger partial charge on any atom is -0.380 e. The number of rotatable bonds is 7. The molecule has 0 radical (unpaired) electrons. The first-order valence-electron chi connectivity index (χ1n) is 9.77. The van der Waals surface area contributed by atoms with E-state index >= 15 is 0 Å². The molecular weight excluding hydrogens is 308 g/mol. The molecule has 0 aromatic carbocycles. The average molecular weight is 343 g/mol. The zero-order chi connectivity index (χ0) is 18.2. The SMILES string of the molecule is COC1CC(C2=CCCCC2)=CC(=O)C1CC=C(C)CCC=C(C)C. The summed E-state index contributed by atoms with van der Waals surface area (Å²) >= 11 is 0. The number of hydrogen-bond acceptors (Lipinski definition) is 2. The number of ketones is 1. The van der Waals surface area contributed by atoms with Crippen LogP contribution in [-0.4, -0.2) is 19.0 Å². The number of allylic oxidation sites excluding steroid dienone is 7. The van der Waals surface area contributed by atoms with Crippen LogP contribution in [0.3, 0.4) is 0 Å². The standard InChI is InChI=1S/C23H34O2/c1-17(2)9-8-10-18(3)13-14-21-22(24)15-20(16-23(21)25-4)19-11-6-5-7-12-19/h9,11,13,15,21,23H,5-8,10,12,14,16H2,1-4H3. The van der Waals surface area contributed by atoms with Crippen molar-refractivity contribution in [2.45, 2.75) is 78.2 Å². The molecule has 2 heteroatoms. The van der Waals surface area contributed by atoms with Crippen LogP contribution in [0.1, 0.15) is 72.1 Å². The zero-order valence-electron chi connectivity index (χ0n) is 16.4. The van der Waals surface area contributed by atoms with E-state index in [0.29, 0.717) is 0 Å². The van der Waals surface area contributed by atoms with Crippen LogP contribution in [0, 0.1) is 5.92 Å². The molecule has 138 valence electrons. The molecule has 2 atom stereocenters. The van der Waals surface area contributed by atoms with Gasteiger partial charge >= 0.3 is 0 Å². The average Bonchev–Trinajstić information content (AvgIpc) is 2.60. The largest absolute Gasteiger partial charge is 0.380 e. The van der Waals surface area contributed by atoms with E-state index in [2.05, 4.69) is 39.0 Å². The van der Waals surface area contributed by atoms with Crippen LogP contribution in [0.4, 0.5) is 0 Å². The van der Waals surface area contributed by atoms with Gasteiger partial charge in [-0.3, -0.25) is 4.79 Å². The molecule has 0 bridgehead atoms. The molecule has 2 nitrogen and oxygen atoms in total. The summed E-state index contributed by atoms with van der Waals surface area (Å²) in [7, 11) is 1.74. The highest BCUT2D eigenvalue weighted by Gasteiger charge is 2.32. The maximum Gasteiger partial charge on any atom is 0.161 e. The van der Waals surface area contributed by atoms with Crippen LogP contribution >= 0.6 is 0 Å². The molecule has 0 fully saturated rings. The Morgan fingerprint density at radius 2 is 2.00 bits per heavy atom. The molecule has 2 rings (SSSR count). The van der Waals surface area contributed by atoms with E-state index in [9.17, 15) is 4.79 Å². The molecule has 0 aromatic heterocycles. The van der Waals surface area contributed by atoms with E-state index < -0.39 is 0 Å². The molecule has 2 aliphatic rings. The number of methoxy groups -OCH3 is 1. The summed E-state index contributed by atoms with van der Waals surface area (Å²) in [6.45, 7) is 6.44. The van der Waals surface area contributed by atoms with Gasteiger partial charge in [-0.1, -0.05) is 29.4 Å². The lowest BCUT2D eigenvalue weighted by atomic mass is 9.79. The lowest BCUT2D eigenvalue weighted by Gasteiger charge is -2.30. The quantitative estimate of drug-likeness (QED) is 0.522. The first-order chi connectivity index (χ1) is 12.0. The fourth-order valence-corrected chi connectivity index (χ4v) is 3.77. The smallest absolute Gasteiger partial charge is 0.161 e. The second-order valence-electron chi connectivity index (χ2n) is 7.74. The second kappa shape index (κ2) is 9.91.